The summed E-state index contributed by atoms with van der Waals surface area (Å²) in [4.78, 5) is 10.4. The summed E-state index contributed by atoms with van der Waals surface area (Å²) in [5, 5.41) is 26.3. The number of anilines is 12. The lowest BCUT2D eigenvalue weighted by molar-refractivity contribution is 1.34. The van der Waals surface area contributed by atoms with Crippen LogP contribution in [0, 0.1) is 0 Å². The minimum Gasteiger partial charge on any atom is -0.292 e. The van der Waals surface area contributed by atoms with Gasteiger partial charge in [-0.3, -0.25) is 19.6 Å². The van der Waals surface area contributed by atoms with Gasteiger partial charge in [0.15, 0.2) is 0 Å². The van der Waals surface area contributed by atoms with Gasteiger partial charge in [-0.25, -0.2) is 0 Å². The third-order valence-electron chi connectivity index (χ3n) is 17.8. The number of thiophene rings is 8. The van der Waals surface area contributed by atoms with Crippen LogP contribution in [0.4, 0.5) is 62.8 Å². The van der Waals surface area contributed by atoms with E-state index in [1.807, 2.05) is 90.7 Å². The number of nitrogens with zero attached hydrogens (tertiary/aromatic N) is 4. The van der Waals surface area contributed by atoms with Crippen molar-refractivity contribution >= 4 is 266 Å². The predicted octanol–water partition coefficient (Wildman–Crippen LogP) is 28.2. The number of hydrogen-bond donors (Lipinski definition) is 0. The fourth-order valence-corrected chi connectivity index (χ4v) is 22.6. The average molecular weight is 1320 g/mol. The summed E-state index contributed by atoms with van der Waals surface area (Å²) in [7, 11) is 0. The Morgan fingerprint density at radius 3 is 0.467 bits per heavy atom. The summed E-state index contributed by atoms with van der Waals surface area (Å²) in [6.07, 6.45) is 0. The number of benzene rings is 12. The molecule has 0 unspecified atom stereocenters. The molecule has 0 saturated carbocycles. The Hall–Kier alpha value is -9.44. The molecule has 4 nitrogen and oxygen atoms in total. The van der Waals surface area contributed by atoms with E-state index in [0.29, 0.717) is 0 Å². The molecule has 20 aromatic rings. The molecule has 0 aliphatic rings. The van der Waals surface area contributed by atoms with Crippen LogP contribution in [0.5, 0.6) is 0 Å². The molecule has 0 amide bonds. The Kier molecular flexibility index (Phi) is 12.2. The highest BCUT2D eigenvalue weighted by molar-refractivity contribution is 7.27. The normalized spacial score (nSPS) is 12.1. The fourth-order valence-electron chi connectivity index (χ4n) is 13.7. The van der Waals surface area contributed by atoms with Crippen LogP contribution in [0.15, 0.2) is 279 Å². The first-order valence-electron chi connectivity index (χ1n) is 30.4. The topological polar surface area (TPSA) is 13.0 Å². The second-order valence-corrected chi connectivity index (χ2v) is 31.7. The zero-order valence-corrected chi connectivity index (χ0v) is 55.1. The van der Waals surface area contributed by atoms with E-state index in [0.717, 1.165) is 62.8 Å². The zero-order chi connectivity index (χ0) is 60.1. The molecule has 0 aliphatic carbocycles. The van der Waals surface area contributed by atoms with E-state index < -0.39 is 0 Å². The highest BCUT2D eigenvalue weighted by atomic mass is 32.1. The molecule has 434 valence electrons. The van der Waals surface area contributed by atoms with Gasteiger partial charge < -0.3 is 0 Å². The van der Waals surface area contributed by atoms with E-state index in [9.17, 15) is 0 Å². The molecular weight excluding hydrogens is 1270 g/mol. The smallest absolute Gasteiger partial charge is 0.102 e. The van der Waals surface area contributed by atoms with Gasteiger partial charge in [-0.2, -0.15) is 0 Å². The predicted molar refractivity (Wildman–Crippen MR) is 412 cm³/mol. The molecule has 0 spiro atoms. The first-order valence-corrected chi connectivity index (χ1v) is 36.9. The molecule has 0 N–H and O–H groups in total. The van der Waals surface area contributed by atoms with Crippen molar-refractivity contribution < 1.29 is 0 Å². The first kappa shape index (κ1) is 53.2. The highest BCUT2D eigenvalue weighted by Crippen LogP contribution is 2.60. The van der Waals surface area contributed by atoms with Crippen molar-refractivity contribution in [2.45, 2.75) is 0 Å². The third-order valence-corrected chi connectivity index (χ3v) is 26.6. The summed E-state index contributed by atoms with van der Waals surface area (Å²) in [5.41, 5.74) is 4.48. The first-order chi connectivity index (χ1) is 45.5. The van der Waals surface area contributed by atoms with Crippen molar-refractivity contribution in [2.75, 3.05) is 19.6 Å². The monoisotopic (exact) mass is 1320 g/mol. The molecule has 0 aliphatic heterocycles. The van der Waals surface area contributed by atoms with Gasteiger partial charge in [0, 0.05) is 69.9 Å². The molecule has 92 heavy (non-hydrogen) atoms. The average Bonchev–Trinajstić information content (AvgIpc) is 2.18. The van der Waals surface area contributed by atoms with Gasteiger partial charge >= 0.3 is 0 Å². The van der Waals surface area contributed by atoms with E-state index in [-0.39, 0.29) is 0 Å². The second-order valence-electron chi connectivity index (χ2n) is 23.2. The van der Waals surface area contributed by atoms with Gasteiger partial charge in [-0.15, -0.1) is 90.7 Å². The van der Waals surface area contributed by atoms with Crippen LogP contribution in [0.1, 0.15) is 0 Å². The minimum atomic E-state index is 1.12. The molecule has 12 aromatic carbocycles. The van der Waals surface area contributed by atoms with Gasteiger partial charge in [0.05, 0.1) is 22.7 Å². The molecule has 20 rings (SSSR count). The molecule has 0 fully saturated rings. The summed E-state index contributed by atoms with van der Waals surface area (Å²) in [5.74, 6) is 0. The van der Waals surface area contributed by atoms with E-state index in [4.69, 9.17) is 0 Å². The van der Waals surface area contributed by atoms with Crippen LogP contribution in [-0.4, -0.2) is 0 Å². The van der Waals surface area contributed by atoms with Crippen LogP contribution in [0.2, 0.25) is 0 Å². The van der Waals surface area contributed by atoms with Crippen molar-refractivity contribution in [2.24, 2.45) is 0 Å². The van der Waals surface area contributed by atoms with Gasteiger partial charge in [0.25, 0.3) is 0 Å². The summed E-state index contributed by atoms with van der Waals surface area (Å²) >= 11 is 14.9. The lowest BCUT2D eigenvalue weighted by atomic mass is 9.89. The molecular formula is C80H46N4S8. The maximum Gasteiger partial charge on any atom is 0.102 e. The van der Waals surface area contributed by atoms with Crippen molar-refractivity contribution in [3.05, 3.63) is 279 Å². The fraction of sp³-hybridized carbons (Fsp3) is 0. The standard InChI is InChI=1S/C80H46N4S8/c1-9-25-63-47(17-1)37-71(85-63)81(72-38-48-18-2-10-26-64(48)86-72)59-45-60(82(73-39-49-19-3-11-27-65(49)87-73)74-40-50-20-4-12-28-66(50)88-74)56-35-36-58-62(84(77-43-53-23-7-15-31-69(53)91-77)78-44-54-24-8-16-32-70(54)92-78)46-61(57-34-33-55(59)79(56)80(57)58)83(75-41-51-21-5-13-29-67(51)89-75)76-42-52-22-6-14-30-68(52)90-76/h1-46H. The van der Waals surface area contributed by atoms with E-state index in [2.05, 4.69) is 299 Å². The Labute approximate surface area is 560 Å². The SMILES string of the molecule is c1ccc2sc(N(c3cc4ccccc4s3)c3cc(N(c4cc5ccccc5s4)c4cc5ccccc5s4)c4ccc5c(N(c6cc7ccccc7s6)c6cc7ccccc7s6)cc(N(c6cc7ccccc7s6)c6cc7ccccc7s6)c6ccc3c4c65)cc2c1. The van der Waals surface area contributed by atoms with Crippen molar-refractivity contribution in [3.63, 3.8) is 0 Å². The maximum atomic E-state index is 2.60. The molecule has 12 heteroatoms. The third kappa shape index (κ3) is 8.53. The van der Waals surface area contributed by atoms with E-state index in [1.165, 1.54) is 113 Å². The molecule has 0 radical (unpaired) electrons. The van der Waals surface area contributed by atoms with Gasteiger partial charge in [-0.05, 0) is 152 Å². The summed E-state index contributed by atoms with van der Waals surface area (Å²) < 4.78 is 10.0. The highest BCUT2D eigenvalue weighted by Gasteiger charge is 2.32. The maximum absolute atomic E-state index is 2.60. The number of fused-ring (bicyclic) bond motifs is 8. The van der Waals surface area contributed by atoms with Crippen LogP contribution in [0.3, 0.4) is 0 Å². The van der Waals surface area contributed by atoms with E-state index in [1.54, 1.807) is 0 Å². The molecule has 8 heterocycles. The van der Waals surface area contributed by atoms with Gasteiger partial charge in [0.2, 0.25) is 0 Å². The van der Waals surface area contributed by atoms with Crippen LogP contribution in [0.25, 0.3) is 113 Å². The number of rotatable bonds is 12. The molecule has 8 aromatic heterocycles. The van der Waals surface area contributed by atoms with Gasteiger partial charge in [0.1, 0.15) is 40.0 Å². The Morgan fingerprint density at radius 2 is 0.315 bits per heavy atom. The Bertz CT molecular complexity index is 4990. The largest absolute Gasteiger partial charge is 0.292 e. The Morgan fingerprint density at radius 1 is 0.163 bits per heavy atom. The second kappa shape index (κ2) is 21.1. The minimum absolute atomic E-state index is 1.12. The quantitative estimate of drug-likeness (QED) is 0.113. The Balaban J connectivity index is 0.974. The van der Waals surface area contributed by atoms with Crippen molar-refractivity contribution in [3.8, 4) is 0 Å². The van der Waals surface area contributed by atoms with Crippen molar-refractivity contribution in [1.29, 1.82) is 0 Å². The van der Waals surface area contributed by atoms with Gasteiger partial charge in [-0.1, -0.05) is 170 Å². The summed E-state index contributed by atoms with van der Waals surface area (Å²) in [6, 6.07) is 105. The lowest BCUT2D eigenvalue weighted by Crippen LogP contribution is -2.13. The molecule has 0 atom stereocenters. The molecule has 0 saturated heterocycles. The van der Waals surface area contributed by atoms with E-state index >= 15 is 0 Å². The number of hydrogen-bond acceptors (Lipinski definition) is 12. The zero-order valence-electron chi connectivity index (χ0n) is 48.6. The lowest BCUT2D eigenvalue weighted by Gasteiger charge is -2.32. The van der Waals surface area contributed by atoms with Crippen LogP contribution in [-0.2, 0) is 0 Å². The molecule has 0 bridgehead atoms. The van der Waals surface area contributed by atoms with Crippen LogP contribution < -0.4 is 19.6 Å². The van der Waals surface area contributed by atoms with Crippen molar-refractivity contribution in [1.82, 2.24) is 0 Å². The van der Waals surface area contributed by atoms with Crippen LogP contribution >= 0.6 is 90.7 Å². The summed E-state index contributed by atoms with van der Waals surface area (Å²) in [6.45, 7) is 0.